The molecule has 5 heteroatoms. The van der Waals surface area contributed by atoms with Gasteiger partial charge in [0.25, 0.3) is 0 Å². The van der Waals surface area contributed by atoms with Crippen molar-refractivity contribution < 1.29 is 0 Å². The summed E-state index contributed by atoms with van der Waals surface area (Å²) in [6, 6.07) is 0.375. The first-order chi connectivity index (χ1) is 8.24. The lowest BCUT2D eigenvalue weighted by Gasteiger charge is -2.36. The predicted molar refractivity (Wildman–Crippen MR) is 67.3 cm³/mol. The van der Waals surface area contributed by atoms with E-state index in [9.17, 15) is 0 Å². The van der Waals surface area contributed by atoms with E-state index in [1.54, 1.807) is 6.33 Å². The molecule has 0 spiro atoms. The molecule has 2 rings (SSSR count). The molecule has 0 aliphatic carbocycles. The first kappa shape index (κ1) is 12.5. The third-order valence-corrected chi connectivity index (χ3v) is 3.76. The van der Waals surface area contributed by atoms with Gasteiger partial charge in [0.1, 0.15) is 12.2 Å². The molecule has 0 saturated carbocycles. The Bertz CT molecular complexity index is 348. The Morgan fingerprint density at radius 3 is 3.00 bits per heavy atom. The van der Waals surface area contributed by atoms with Crippen LogP contribution in [0.5, 0.6) is 0 Å². The maximum Gasteiger partial charge on any atom is 0.140 e. The van der Waals surface area contributed by atoms with Crippen LogP contribution in [0.3, 0.4) is 0 Å². The van der Waals surface area contributed by atoms with Crippen molar-refractivity contribution in [1.29, 1.82) is 0 Å². The van der Waals surface area contributed by atoms with Gasteiger partial charge in [0.05, 0.1) is 6.54 Å². The van der Waals surface area contributed by atoms with Gasteiger partial charge < -0.3 is 5.73 Å². The minimum atomic E-state index is 0.375. The Balaban J connectivity index is 1.95. The molecule has 2 heterocycles. The van der Waals surface area contributed by atoms with Crippen LogP contribution in [0.1, 0.15) is 32.5 Å². The molecule has 2 N–H and O–H groups in total. The van der Waals surface area contributed by atoms with Crippen LogP contribution >= 0.6 is 0 Å². The SMILES string of the molecule is CCC1CN(Cc2ncnn2CC)CCC1N. The van der Waals surface area contributed by atoms with Crippen molar-refractivity contribution in [2.75, 3.05) is 13.1 Å². The second-order valence-electron chi connectivity index (χ2n) is 4.85. The van der Waals surface area contributed by atoms with Crippen molar-refractivity contribution in [2.24, 2.45) is 11.7 Å². The zero-order chi connectivity index (χ0) is 12.3. The van der Waals surface area contributed by atoms with Gasteiger partial charge in [-0.05, 0) is 19.3 Å². The minimum Gasteiger partial charge on any atom is -0.327 e. The van der Waals surface area contributed by atoms with Gasteiger partial charge in [-0.25, -0.2) is 9.67 Å². The molecule has 1 aromatic heterocycles. The number of hydrogen-bond acceptors (Lipinski definition) is 4. The van der Waals surface area contributed by atoms with Crippen molar-refractivity contribution in [2.45, 2.75) is 45.8 Å². The second-order valence-corrected chi connectivity index (χ2v) is 4.85. The highest BCUT2D eigenvalue weighted by atomic mass is 15.3. The van der Waals surface area contributed by atoms with Crippen molar-refractivity contribution >= 4 is 0 Å². The highest BCUT2D eigenvalue weighted by molar-refractivity contribution is 4.88. The van der Waals surface area contributed by atoms with Crippen LogP contribution in [0, 0.1) is 5.92 Å². The lowest BCUT2D eigenvalue weighted by Crippen LogP contribution is -2.46. The molecule has 1 saturated heterocycles. The summed E-state index contributed by atoms with van der Waals surface area (Å²) in [5, 5.41) is 4.21. The molecule has 1 aromatic rings. The normalized spacial score (nSPS) is 26.3. The third-order valence-electron chi connectivity index (χ3n) is 3.76. The van der Waals surface area contributed by atoms with E-state index in [0.717, 1.165) is 44.8 Å². The monoisotopic (exact) mass is 237 g/mol. The van der Waals surface area contributed by atoms with E-state index in [1.807, 2.05) is 4.68 Å². The predicted octanol–water partition coefficient (Wildman–Crippen LogP) is 0.857. The highest BCUT2D eigenvalue weighted by Gasteiger charge is 2.25. The standard InChI is InChI=1S/C12H23N5/c1-3-10-7-16(6-5-11(10)13)8-12-14-9-15-17(12)4-2/h9-11H,3-8,13H2,1-2H3. The Kier molecular flexibility index (Phi) is 4.12. The molecule has 96 valence electrons. The van der Waals surface area contributed by atoms with Gasteiger partial charge in [-0.1, -0.05) is 13.3 Å². The van der Waals surface area contributed by atoms with E-state index >= 15 is 0 Å². The van der Waals surface area contributed by atoms with Crippen LogP contribution in [0.2, 0.25) is 0 Å². The minimum absolute atomic E-state index is 0.375. The molecule has 1 aliphatic heterocycles. The Morgan fingerprint density at radius 1 is 1.47 bits per heavy atom. The molecular weight excluding hydrogens is 214 g/mol. The number of nitrogens with zero attached hydrogens (tertiary/aromatic N) is 4. The highest BCUT2D eigenvalue weighted by Crippen LogP contribution is 2.19. The molecule has 1 aliphatic rings. The summed E-state index contributed by atoms with van der Waals surface area (Å²) in [5.74, 6) is 1.69. The topological polar surface area (TPSA) is 60.0 Å². The van der Waals surface area contributed by atoms with Gasteiger partial charge in [-0.3, -0.25) is 4.90 Å². The van der Waals surface area contributed by atoms with Gasteiger partial charge >= 0.3 is 0 Å². The summed E-state index contributed by atoms with van der Waals surface area (Å²) >= 11 is 0. The zero-order valence-corrected chi connectivity index (χ0v) is 10.8. The molecule has 0 radical (unpaired) electrons. The average Bonchev–Trinajstić information content (AvgIpc) is 2.79. The Hall–Kier alpha value is -0.940. The molecule has 2 unspecified atom stereocenters. The van der Waals surface area contributed by atoms with Crippen LogP contribution in [0.4, 0.5) is 0 Å². The number of aromatic nitrogens is 3. The van der Waals surface area contributed by atoms with Crippen molar-refractivity contribution in [3.63, 3.8) is 0 Å². The number of likely N-dealkylation sites (tertiary alicyclic amines) is 1. The van der Waals surface area contributed by atoms with Crippen molar-refractivity contribution in [3.05, 3.63) is 12.2 Å². The van der Waals surface area contributed by atoms with Crippen molar-refractivity contribution in [3.8, 4) is 0 Å². The molecule has 2 atom stereocenters. The van der Waals surface area contributed by atoms with Crippen LogP contribution in [0.15, 0.2) is 6.33 Å². The Labute approximate surface area is 103 Å². The van der Waals surface area contributed by atoms with Crippen LogP contribution in [-0.2, 0) is 13.1 Å². The molecular formula is C12H23N5. The largest absolute Gasteiger partial charge is 0.327 e. The molecule has 17 heavy (non-hydrogen) atoms. The second kappa shape index (κ2) is 5.60. The number of hydrogen-bond donors (Lipinski definition) is 1. The average molecular weight is 237 g/mol. The van der Waals surface area contributed by atoms with E-state index in [-0.39, 0.29) is 0 Å². The first-order valence-corrected chi connectivity index (χ1v) is 6.59. The molecule has 0 aromatic carbocycles. The maximum atomic E-state index is 6.12. The Morgan fingerprint density at radius 2 is 2.29 bits per heavy atom. The van der Waals surface area contributed by atoms with Crippen LogP contribution in [0.25, 0.3) is 0 Å². The van der Waals surface area contributed by atoms with Gasteiger partial charge in [0.15, 0.2) is 0 Å². The number of rotatable bonds is 4. The number of piperidine rings is 1. The maximum absolute atomic E-state index is 6.12. The van der Waals surface area contributed by atoms with E-state index in [2.05, 4.69) is 28.8 Å². The number of aryl methyl sites for hydroxylation is 1. The quantitative estimate of drug-likeness (QED) is 0.843. The smallest absolute Gasteiger partial charge is 0.140 e. The fraction of sp³-hybridized carbons (Fsp3) is 0.833. The van der Waals surface area contributed by atoms with E-state index in [4.69, 9.17) is 5.73 Å². The molecule has 5 nitrogen and oxygen atoms in total. The summed E-state index contributed by atoms with van der Waals surface area (Å²) in [5.41, 5.74) is 6.12. The van der Waals surface area contributed by atoms with Crippen molar-refractivity contribution in [1.82, 2.24) is 19.7 Å². The number of nitrogens with two attached hydrogens (primary N) is 1. The van der Waals surface area contributed by atoms with Crippen LogP contribution in [-0.4, -0.2) is 38.8 Å². The molecule has 0 amide bonds. The summed E-state index contributed by atoms with van der Waals surface area (Å²) in [6.07, 6.45) is 3.91. The fourth-order valence-electron chi connectivity index (χ4n) is 2.58. The molecule has 0 bridgehead atoms. The van der Waals surface area contributed by atoms with E-state index in [0.29, 0.717) is 12.0 Å². The lowest BCUT2D eigenvalue weighted by atomic mass is 9.91. The van der Waals surface area contributed by atoms with E-state index in [1.165, 1.54) is 0 Å². The van der Waals surface area contributed by atoms with Gasteiger partial charge in [0, 0.05) is 25.7 Å². The van der Waals surface area contributed by atoms with Gasteiger partial charge in [-0.2, -0.15) is 5.10 Å². The summed E-state index contributed by atoms with van der Waals surface area (Å²) in [4.78, 5) is 6.78. The van der Waals surface area contributed by atoms with E-state index < -0.39 is 0 Å². The molecule has 1 fully saturated rings. The summed E-state index contributed by atoms with van der Waals surface area (Å²) in [6.45, 7) is 8.28. The third kappa shape index (κ3) is 2.84. The fourth-order valence-corrected chi connectivity index (χ4v) is 2.58. The zero-order valence-electron chi connectivity index (χ0n) is 10.8. The van der Waals surface area contributed by atoms with Gasteiger partial charge in [0.2, 0.25) is 0 Å². The van der Waals surface area contributed by atoms with Gasteiger partial charge in [-0.15, -0.1) is 0 Å². The lowest BCUT2D eigenvalue weighted by molar-refractivity contribution is 0.140. The van der Waals surface area contributed by atoms with Crippen LogP contribution < -0.4 is 5.73 Å². The first-order valence-electron chi connectivity index (χ1n) is 6.59. The summed E-state index contributed by atoms with van der Waals surface area (Å²) in [7, 11) is 0. The summed E-state index contributed by atoms with van der Waals surface area (Å²) < 4.78 is 1.97.